The fourth-order valence-electron chi connectivity index (χ4n) is 9.32. The molecule has 0 radical (unpaired) electrons. The molecule has 0 atom stereocenters. The molecule has 0 aliphatic heterocycles. The Morgan fingerprint density at radius 3 is 1.21 bits per heavy atom. The summed E-state index contributed by atoms with van der Waals surface area (Å²) in [4.78, 5) is 4.72. The Morgan fingerprint density at radius 1 is 0.310 bits per heavy atom. The molecule has 0 bridgehead atoms. The van der Waals surface area contributed by atoms with Crippen LogP contribution in [0.25, 0.3) is 33.1 Å². The molecule has 10 aromatic rings. The zero-order valence-electron chi connectivity index (χ0n) is 31.7. The van der Waals surface area contributed by atoms with Crippen LogP contribution < -0.4 is 9.80 Å². The molecule has 0 saturated carbocycles. The number of hydrogen-bond acceptors (Lipinski definition) is 3. The predicted octanol–water partition coefficient (Wildman–Crippen LogP) is 14.9. The van der Waals surface area contributed by atoms with Gasteiger partial charge in [0.1, 0.15) is 11.2 Å². The van der Waals surface area contributed by atoms with Crippen molar-refractivity contribution < 1.29 is 4.42 Å². The highest BCUT2D eigenvalue weighted by molar-refractivity contribution is 6.09. The molecule has 1 aromatic heterocycles. The highest BCUT2D eigenvalue weighted by Crippen LogP contribution is 2.60. The minimum atomic E-state index is -0.663. The Morgan fingerprint density at radius 2 is 0.724 bits per heavy atom. The number of hydrogen-bond donors (Lipinski definition) is 0. The maximum Gasteiger partial charge on any atom is 0.135 e. The summed E-state index contributed by atoms with van der Waals surface area (Å²) < 4.78 is 6.59. The van der Waals surface area contributed by atoms with E-state index in [1.165, 1.54) is 33.4 Å². The van der Waals surface area contributed by atoms with Gasteiger partial charge in [-0.15, -0.1) is 0 Å². The number of benzene rings is 9. The van der Waals surface area contributed by atoms with Crippen molar-refractivity contribution in [1.82, 2.24) is 0 Å². The first-order valence-corrected chi connectivity index (χ1v) is 19.9. The largest absolute Gasteiger partial charge is 0.456 e. The van der Waals surface area contributed by atoms with Crippen LogP contribution in [0.15, 0.2) is 235 Å². The van der Waals surface area contributed by atoms with E-state index in [1.807, 2.05) is 0 Å². The Bertz CT molecular complexity index is 2840. The summed E-state index contributed by atoms with van der Waals surface area (Å²) in [5.41, 5.74) is 15.0. The molecular formula is C55H38N2O. The molecular weight excluding hydrogens is 705 g/mol. The quantitative estimate of drug-likeness (QED) is 0.155. The monoisotopic (exact) mass is 742 g/mol. The second-order valence-electron chi connectivity index (χ2n) is 14.9. The van der Waals surface area contributed by atoms with Gasteiger partial charge in [-0.25, -0.2) is 0 Å². The van der Waals surface area contributed by atoms with E-state index in [2.05, 4.69) is 240 Å². The maximum absolute atomic E-state index is 6.59. The lowest BCUT2D eigenvalue weighted by molar-refractivity contribution is 0.667. The topological polar surface area (TPSA) is 19.6 Å². The van der Waals surface area contributed by atoms with Crippen molar-refractivity contribution in [3.63, 3.8) is 0 Å². The molecule has 58 heavy (non-hydrogen) atoms. The summed E-state index contributed by atoms with van der Waals surface area (Å²) in [7, 11) is 0. The number of fused-ring (bicyclic) bond motifs is 6. The average Bonchev–Trinajstić information content (AvgIpc) is 3.82. The summed E-state index contributed by atoms with van der Waals surface area (Å²) in [5, 5.41) is 2.25. The van der Waals surface area contributed by atoms with Gasteiger partial charge in [-0.1, -0.05) is 146 Å². The molecule has 1 aliphatic rings. The molecule has 1 aliphatic carbocycles. The van der Waals surface area contributed by atoms with E-state index < -0.39 is 5.41 Å². The van der Waals surface area contributed by atoms with Gasteiger partial charge >= 0.3 is 0 Å². The zero-order valence-corrected chi connectivity index (χ0v) is 31.7. The van der Waals surface area contributed by atoms with E-state index in [9.17, 15) is 0 Å². The molecule has 1 heterocycles. The van der Waals surface area contributed by atoms with Gasteiger partial charge in [0.25, 0.3) is 0 Å². The van der Waals surface area contributed by atoms with Crippen molar-refractivity contribution in [2.75, 3.05) is 9.80 Å². The minimum absolute atomic E-state index is 0.663. The number of furan rings is 1. The second-order valence-corrected chi connectivity index (χ2v) is 14.9. The van der Waals surface area contributed by atoms with Crippen molar-refractivity contribution in [2.45, 2.75) is 5.41 Å². The summed E-state index contributed by atoms with van der Waals surface area (Å²) in [6.45, 7) is 0. The van der Waals surface area contributed by atoms with Crippen LogP contribution >= 0.6 is 0 Å². The summed E-state index contributed by atoms with van der Waals surface area (Å²) >= 11 is 0. The van der Waals surface area contributed by atoms with Gasteiger partial charge < -0.3 is 14.2 Å². The number of anilines is 6. The van der Waals surface area contributed by atoms with Crippen LogP contribution in [0.3, 0.4) is 0 Å². The lowest BCUT2D eigenvalue weighted by Crippen LogP contribution is -2.29. The van der Waals surface area contributed by atoms with Crippen LogP contribution in [0.2, 0.25) is 0 Å². The lowest BCUT2D eigenvalue weighted by Gasteiger charge is -2.35. The van der Waals surface area contributed by atoms with Gasteiger partial charge in [0, 0.05) is 44.9 Å². The molecule has 3 heteroatoms. The first-order chi connectivity index (χ1) is 28.8. The molecule has 0 amide bonds. The average molecular weight is 743 g/mol. The fourth-order valence-corrected chi connectivity index (χ4v) is 9.32. The highest BCUT2D eigenvalue weighted by Gasteiger charge is 2.48. The SMILES string of the molecule is c1ccc(N(c2ccccc2)c2ccc3c(c2)-c2cc(N(c4ccccc4)c4ccccc4)ccc2C3(c2ccccc2)c2cccc3oc4ccccc4c23)cc1. The summed E-state index contributed by atoms with van der Waals surface area (Å²) in [6.07, 6.45) is 0. The third-order valence-corrected chi connectivity index (χ3v) is 11.7. The molecule has 0 unspecified atom stereocenters. The molecule has 11 rings (SSSR count). The van der Waals surface area contributed by atoms with Gasteiger partial charge in [-0.05, 0) is 118 Å². The molecule has 0 saturated heterocycles. The van der Waals surface area contributed by atoms with Crippen molar-refractivity contribution in [2.24, 2.45) is 0 Å². The van der Waals surface area contributed by atoms with Crippen molar-refractivity contribution in [3.05, 3.63) is 253 Å². The highest BCUT2D eigenvalue weighted by atomic mass is 16.3. The molecule has 274 valence electrons. The van der Waals surface area contributed by atoms with E-state index in [1.54, 1.807) is 0 Å². The Kier molecular flexibility index (Phi) is 8.04. The molecule has 0 N–H and O–H groups in total. The Hall–Kier alpha value is -7.62. The summed E-state index contributed by atoms with van der Waals surface area (Å²) in [5.74, 6) is 0. The third kappa shape index (κ3) is 5.28. The van der Waals surface area contributed by atoms with Crippen LogP contribution in [0, 0.1) is 0 Å². The number of nitrogens with zero attached hydrogens (tertiary/aromatic N) is 2. The van der Waals surface area contributed by atoms with E-state index >= 15 is 0 Å². The maximum atomic E-state index is 6.59. The van der Waals surface area contributed by atoms with Gasteiger partial charge in [-0.2, -0.15) is 0 Å². The normalized spacial score (nSPS) is 12.6. The third-order valence-electron chi connectivity index (χ3n) is 11.7. The Balaban J connectivity index is 1.25. The van der Waals surface area contributed by atoms with Crippen LogP contribution in [0.5, 0.6) is 0 Å². The van der Waals surface area contributed by atoms with Gasteiger partial charge in [0.05, 0.1) is 5.41 Å². The van der Waals surface area contributed by atoms with E-state index in [4.69, 9.17) is 4.42 Å². The second kappa shape index (κ2) is 13.8. The molecule has 9 aromatic carbocycles. The van der Waals surface area contributed by atoms with Crippen LogP contribution in [0.4, 0.5) is 34.1 Å². The van der Waals surface area contributed by atoms with Crippen LogP contribution in [-0.2, 0) is 5.41 Å². The fraction of sp³-hybridized carbons (Fsp3) is 0.0182. The number of rotatable bonds is 8. The smallest absolute Gasteiger partial charge is 0.135 e. The standard InChI is InChI=1S/C55H38N2O/c1-6-19-39(20-7-1)55(51-30-18-32-53-54(51)46-29-16-17-31-52(46)58-53)49-35-33-44(56(40-21-8-2-9-22-40)41-23-10-3-11-24-41)37-47(49)48-38-45(34-36-50(48)55)57(42-25-12-4-13-26-42)43-27-14-5-15-28-43/h1-38H. The van der Waals surface area contributed by atoms with Crippen molar-refractivity contribution >= 4 is 56.1 Å². The predicted molar refractivity (Wildman–Crippen MR) is 240 cm³/mol. The zero-order chi connectivity index (χ0) is 38.5. The Labute approximate surface area is 338 Å². The van der Waals surface area contributed by atoms with Gasteiger partial charge in [-0.3, -0.25) is 0 Å². The molecule has 3 nitrogen and oxygen atoms in total. The molecule has 0 fully saturated rings. The van der Waals surface area contributed by atoms with E-state index in [-0.39, 0.29) is 0 Å². The minimum Gasteiger partial charge on any atom is -0.456 e. The number of para-hydroxylation sites is 5. The van der Waals surface area contributed by atoms with Crippen molar-refractivity contribution in [3.8, 4) is 11.1 Å². The summed E-state index contributed by atoms with van der Waals surface area (Å²) in [6, 6.07) is 82.9. The van der Waals surface area contributed by atoms with E-state index in [0.29, 0.717) is 0 Å². The van der Waals surface area contributed by atoms with Crippen LogP contribution in [0.1, 0.15) is 22.3 Å². The van der Waals surface area contributed by atoms with Gasteiger partial charge in [0.2, 0.25) is 0 Å². The first-order valence-electron chi connectivity index (χ1n) is 19.9. The van der Waals surface area contributed by atoms with Gasteiger partial charge in [0.15, 0.2) is 0 Å². The lowest BCUT2D eigenvalue weighted by atomic mass is 9.66. The first kappa shape index (κ1) is 33.7. The van der Waals surface area contributed by atoms with Crippen molar-refractivity contribution in [1.29, 1.82) is 0 Å². The van der Waals surface area contributed by atoms with E-state index in [0.717, 1.165) is 56.1 Å². The molecule has 0 spiro atoms. The van der Waals surface area contributed by atoms with Crippen LogP contribution in [-0.4, -0.2) is 0 Å².